The summed E-state index contributed by atoms with van der Waals surface area (Å²) in [5.41, 5.74) is 11.7. The minimum Gasteiger partial charge on any atom is -0.396 e. The third-order valence-electron chi connectivity index (χ3n) is 1.55. The van der Waals surface area contributed by atoms with E-state index in [4.69, 9.17) is 11.5 Å². The third-order valence-corrected chi connectivity index (χ3v) is 1.55. The second-order valence-electron chi connectivity index (χ2n) is 2.57. The maximum Gasteiger partial charge on any atom is 0.146 e. The van der Waals surface area contributed by atoms with Crippen molar-refractivity contribution in [2.45, 2.75) is 13.0 Å². The summed E-state index contributed by atoms with van der Waals surface area (Å²) in [4.78, 5) is 0. The number of anilines is 1. The molecule has 11 heavy (non-hydrogen) atoms. The van der Waals surface area contributed by atoms with Gasteiger partial charge in [-0.1, -0.05) is 6.07 Å². The zero-order chi connectivity index (χ0) is 8.43. The Morgan fingerprint density at radius 2 is 2.09 bits per heavy atom. The van der Waals surface area contributed by atoms with Crippen molar-refractivity contribution in [2.75, 3.05) is 5.73 Å². The monoisotopic (exact) mass is 154 g/mol. The molecule has 3 heteroatoms. The van der Waals surface area contributed by atoms with E-state index < -0.39 is 5.82 Å². The van der Waals surface area contributed by atoms with Crippen LogP contribution in [0.2, 0.25) is 0 Å². The van der Waals surface area contributed by atoms with Gasteiger partial charge in [0.05, 0.1) is 5.69 Å². The van der Waals surface area contributed by atoms with Crippen molar-refractivity contribution in [1.82, 2.24) is 0 Å². The van der Waals surface area contributed by atoms with Crippen LogP contribution in [0.25, 0.3) is 0 Å². The van der Waals surface area contributed by atoms with Gasteiger partial charge in [-0.25, -0.2) is 4.39 Å². The number of rotatable bonds is 1. The molecule has 2 nitrogen and oxygen atoms in total. The van der Waals surface area contributed by atoms with E-state index in [1.54, 1.807) is 13.0 Å². The lowest BCUT2D eigenvalue weighted by atomic mass is 10.1. The quantitative estimate of drug-likeness (QED) is 0.601. The van der Waals surface area contributed by atoms with Crippen LogP contribution in [0.5, 0.6) is 0 Å². The van der Waals surface area contributed by atoms with Crippen LogP contribution in [0.3, 0.4) is 0 Å². The van der Waals surface area contributed by atoms with E-state index in [2.05, 4.69) is 0 Å². The highest BCUT2D eigenvalue weighted by molar-refractivity contribution is 5.41. The molecule has 4 N–H and O–H groups in total. The summed E-state index contributed by atoms with van der Waals surface area (Å²) in [5.74, 6) is -0.403. The van der Waals surface area contributed by atoms with Crippen LogP contribution in [0.1, 0.15) is 18.5 Å². The fraction of sp³-hybridized carbons (Fsp3) is 0.250. The second-order valence-corrected chi connectivity index (χ2v) is 2.57. The Balaban J connectivity index is 3.05. The lowest BCUT2D eigenvalue weighted by molar-refractivity contribution is 0.627. The molecular weight excluding hydrogens is 143 g/mol. The molecule has 1 atom stereocenters. The first-order valence-corrected chi connectivity index (χ1v) is 3.42. The SMILES string of the molecule is CC(N)c1ccc(N)c(F)c1. The van der Waals surface area contributed by atoms with Gasteiger partial charge in [-0.15, -0.1) is 0 Å². The van der Waals surface area contributed by atoms with Crippen molar-refractivity contribution in [3.8, 4) is 0 Å². The van der Waals surface area contributed by atoms with Gasteiger partial charge in [-0.3, -0.25) is 0 Å². The van der Waals surface area contributed by atoms with Crippen LogP contribution in [0, 0.1) is 5.82 Å². The first-order valence-electron chi connectivity index (χ1n) is 3.42. The molecule has 0 spiro atoms. The summed E-state index contributed by atoms with van der Waals surface area (Å²) in [6.45, 7) is 1.80. The van der Waals surface area contributed by atoms with Gasteiger partial charge in [0.1, 0.15) is 5.82 Å². The zero-order valence-corrected chi connectivity index (χ0v) is 6.34. The van der Waals surface area contributed by atoms with Crippen molar-refractivity contribution in [1.29, 1.82) is 0 Å². The first kappa shape index (κ1) is 8.01. The summed E-state index contributed by atoms with van der Waals surface area (Å²) in [6, 6.07) is 4.46. The summed E-state index contributed by atoms with van der Waals surface area (Å²) in [5, 5.41) is 0. The Kier molecular flexibility index (Phi) is 2.10. The molecule has 0 aliphatic carbocycles. The molecule has 0 amide bonds. The Bertz CT molecular complexity index is 258. The van der Waals surface area contributed by atoms with Crippen LogP contribution in [-0.2, 0) is 0 Å². The average Bonchev–Trinajstić information content (AvgIpc) is 1.94. The van der Waals surface area contributed by atoms with E-state index in [-0.39, 0.29) is 11.7 Å². The Morgan fingerprint density at radius 1 is 1.45 bits per heavy atom. The van der Waals surface area contributed by atoms with Gasteiger partial charge in [-0.2, -0.15) is 0 Å². The molecule has 0 heterocycles. The molecule has 1 aromatic carbocycles. The predicted molar refractivity (Wildman–Crippen MR) is 43.4 cm³/mol. The second kappa shape index (κ2) is 2.88. The fourth-order valence-electron chi connectivity index (χ4n) is 0.827. The van der Waals surface area contributed by atoms with E-state index in [9.17, 15) is 4.39 Å². The molecule has 0 aliphatic rings. The Labute approximate surface area is 65.0 Å². The van der Waals surface area contributed by atoms with Crippen LogP contribution in [0.15, 0.2) is 18.2 Å². The number of hydrogen-bond donors (Lipinski definition) is 2. The van der Waals surface area contributed by atoms with Gasteiger partial charge in [0.15, 0.2) is 0 Å². The van der Waals surface area contributed by atoms with E-state index in [0.29, 0.717) is 0 Å². The minimum atomic E-state index is -0.403. The largest absolute Gasteiger partial charge is 0.396 e. The summed E-state index contributed by atoms with van der Waals surface area (Å²) < 4.78 is 12.8. The van der Waals surface area contributed by atoms with Crippen LogP contribution >= 0.6 is 0 Å². The molecule has 1 unspecified atom stereocenters. The molecule has 60 valence electrons. The fourth-order valence-corrected chi connectivity index (χ4v) is 0.827. The highest BCUT2D eigenvalue weighted by atomic mass is 19.1. The maximum absolute atomic E-state index is 12.8. The van der Waals surface area contributed by atoms with Gasteiger partial charge in [-0.05, 0) is 24.6 Å². The maximum atomic E-state index is 12.8. The number of halogens is 1. The van der Waals surface area contributed by atoms with E-state index >= 15 is 0 Å². The molecule has 0 bridgehead atoms. The van der Waals surface area contributed by atoms with Crippen molar-refractivity contribution >= 4 is 5.69 Å². The molecule has 0 fully saturated rings. The molecule has 1 aromatic rings. The minimum absolute atomic E-state index is 0.148. The predicted octanol–water partition coefficient (Wildman–Crippen LogP) is 1.43. The number of nitrogen functional groups attached to an aromatic ring is 1. The highest BCUT2D eigenvalue weighted by Gasteiger charge is 2.02. The van der Waals surface area contributed by atoms with Gasteiger partial charge in [0.2, 0.25) is 0 Å². The molecule has 0 radical (unpaired) electrons. The molecule has 1 rings (SSSR count). The van der Waals surface area contributed by atoms with Gasteiger partial charge >= 0.3 is 0 Å². The van der Waals surface area contributed by atoms with Gasteiger partial charge in [0.25, 0.3) is 0 Å². The zero-order valence-electron chi connectivity index (χ0n) is 6.34. The van der Waals surface area contributed by atoms with Crippen LogP contribution in [0.4, 0.5) is 10.1 Å². The normalized spacial score (nSPS) is 13.0. The van der Waals surface area contributed by atoms with E-state index in [0.717, 1.165) is 5.56 Å². The molecule has 0 aromatic heterocycles. The molecule has 0 saturated heterocycles. The van der Waals surface area contributed by atoms with Crippen LogP contribution in [-0.4, -0.2) is 0 Å². The smallest absolute Gasteiger partial charge is 0.146 e. The third kappa shape index (κ3) is 1.68. The number of nitrogens with two attached hydrogens (primary N) is 2. The average molecular weight is 154 g/mol. The van der Waals surface area contributed by atoms with E-state index in [1.807, 2.05) is 0 Å². The van der Waals surface area contributed by atoms with Crippen LogP contribution < -0.4 is 11.5 Å². The lowest BCUT2D eigenvalue weighted by Gasteiger charge is -2.05. The Morgan fingerprint density at radius 3 is 2.55 bits per heavy atom. The summed E-state index contributed by atoms with van der Waals surface area (Å²) in [7, 11) is 0. The standard InChI is InChI=1S/C8H11FN2/c1-5(10)6-2-3-8(11)7(9)4-6/h2-5H,10-11H2,1H3. The first-order chi connectivity index (χ1) is 5.11. The van der Waals surface area contributed by atoms with E-state index in [1.165, 1.54) is 12.1 Å². The van der Waals surface area contributed by atoms with Crippen molar-refractivity contribution < 1.29 is 4.39 Å². The lowest BCUT2D eigenvalue weighted by Crippen LogP contribution is -2.05. The molecule has 0 aliphatic heterocycles. The number of hydrogen-bond acceptors (Lipinski definition) is 2. The number of benzene rings is 1. The van der Waals surface area contributed by atoms with Gasteiger partial charge in [0, 0.05) is 6.04 Å². The summed E-state index contributed by atoms with van der Waals surface area (Å²) in [6.07, 6.45) is 0. The molecule has 0 saturated carbocycles. The van der Waals surface area contributed by atoms with Gasteiger partial charge < -0.3 is 11.5 Å². The molecular formula is C8H11FN2. The van der Waals surface area contributed by atoms with Crippen molar-refractivity contribution in [3.63, 3.8) is 0 Å². The topological polar surface area (TPSA) is 52.0 Å². The van der Waals surface area contributed by atoms with Crippen molar-refractivity contribution in [2.24, 2.45) is 5.73 Å². The summed E-state index contributed by atoms with van der Waals surface area (Å²) >= 11 is 0. The Hall–Kier alpha value is -1.09. The van der Waals surface area contributed by atoms with Crippen molar-refractivity contribution in [3.05, 3.63) is 29.6 Å². The highest BCUT2D eigenvalue weighted by Crippen LogP contribution is 2.15.